The first-order valence-corrected chi connectivity index (χ1v) is 15.8. The van der Waals surface area contributed by atoms with Gasteiger partial charge in [0.25, 0.3) is 0 Å². The number of nitrogens with two attached hydrogens (primary N) is 1. The Morgan fingerprint density at radius 2 is 1.86 bits per heavy atom. The molecule has 1 saturated heterocycles. The van der Waals surface area contributed by atoms with Crippen molar-refractivity contribution in [1.82, 2.24) is 19.7 Å². The van der Waals surface area contributed by atoms with Gasteiger partial charge in [0.2, 0.25) is 5.91 Å². The van der Waals surface area contributed by atoms with Crippen LogP contribution in [0, 0.1) is 0 Å². The number of hydrogen-bond donors (Lipinski definition) is 5. The van der Waals surface area contributed by atoms with Crippen LogP contribution in [0.5, 0.6) is 5.75 Å². The molecule has 242 valence electrons. The molecule has 1 aliphatic rings. The van der Waals surface area contributed by atoms with E-state index in [0.717, 1.165) is 72.9 Å². The SMILES string of the molecule is C=C(O)CC(SCC(N)C(=O)O)C(=O)NCCN1CCN(Cc2ccc(Cn3ccc(NC)c3C(C)=NC)c(OC)c2)CC1. The van der Waals surface area contributed by atoms with Crippen molar-refractivity contribution in [3.63, 3.8) is 0 Å². The van der Waals surface area contributed by atoms with E-state index >= 15 is 0 Å². The van der Waals surface area contributed by atoms with Crippen molar-refractivity contribution >= 4 is 35.0 Å². The third kappa shape index (κ3) is 10.0. The second-order valence-corrected chi connectivity index (χ2v) is 12.1. The number of anilines is 1. The molecule has 12 nitrogen and oxygen atoms in total. The summed E-state index contributed by atoms with van der Waals surface area (Å²) in [4.78, 5) is 32.8. The van der Waals surface area contributed by atoms with Gasteiger partial charge in [-0.3, -0.25) is 24.4 Å². The lowest BCUT2D eigenvalue weighted by atomic mass is 10.1. The molecule has 1 aromatic heterocycles. The van der Waals surface area contributed by atoms with Gasteiger partial charge in [0.15, 0.2) is 0 Å². The fourth-order valence-electron chi connectivity index (χ4n) is 5.13. The lowest BCUT2D eigenvalue weighted by Crippen LogP contribution is -2.48. The maximum atomic E-state index is 12.7. The molecule has 0 saturated carbocycles. The number of carboxylic acids is 1. The molecule has 2 heterocycles. The number of aliphatic hydroxyl groups excluding tert-OH is 1. The number of hydrogen-bond acceptors (Lipinski definition) is 10. The van der Waals surface area contributed by atoms with Crippen molar-refractivity contribution in [3.05, 3.63) is 59.6 Å². The number of allylic oxidation sites excluding steroid dienone is 1. The van der Waals surface area contributed by atoms with E-state index in [4.69, 9.17) is 15.6 Å². The summed E-state index contributed by atoms with van der Waals surface area (Å²) in [6.45, 7) is 11.7. The molecule has 1 aromatic carbocycles. The van der Waals surface area contributed by atoms with E-state index in [1.807, 2.05) is 14.0 Å². The fourth-order valence-corrected chi connectivity index (χ4v) is 6.26. The van der Waals surface area contributed by atoms with Crippen LogP contribution in [0.4, 0.5) is 5.69 Å². The van der Waals surface area contributed by atoms with Crippen molar-refractivity contribution in [3.8, 4) is 5.75 Å². The highest BCUT2D eigenvalue weighted by Crippen LogP contribution is 2.26. The number of carboxylic acid groups (broad SMARTS) is 1. The van der Waals surface area contributed by atoms with Gasteiger partial charge in [0.05, 0.1) is 41.8 Å². The van der Waals surface area contributed by atoms with Gasteiger partial charge < -0.3 is 35.9 Å². The number of carbonyl (C=O) groups excluding carboxylic acids is 1. The number of amides is 1. The molecule has 13 heteroatoms. The van der Waals surface area contributed by atoms with Crippen LogP contribution in [-0.2, 0) is 22.7 Å². The molecule has 2 atom stereocenters. The highest BCUT2D eigenvalue weighted by Gasteiger charge is 2.24. The first-order chi connectivity index (χ1) is 21.1. The predicted octanol–water partition coefficient (Wildman–Crippen LogP) is 2.23. The van der Waals surface area contributed by atoms with Crippen LogP contribution in [0.3, 0.4) is 0 Å². The summed E-state index contributed by atoms with van der Waals surface area (Å²) >= 11 is 1.11. The van der Waals surface area contributed by atoms with Crippen molar-refractivity contribution in [2.75, 3.05) is 71.5 Å². The minimum Gasteiger partial charge on any atom is -0.513 e. The number of nitrogens with one attached hydrogen (secondary N) is 2. The number of thioether (sulfide) groups is 1. The van der Waals surface area contributed by atoms with Crippen molar-refractivity contribution < 1.29 is 24.5 Å². The van der Waals surface area contributed by atoms with E-state index in [1.165, 1.54) is 5.56 Å². The maximum Gasteiger partial charge on any atom is 0.321 e. The average molecular weight is 630 g/mol. The summed E-state index contributed by atoms with van der Waals surface area (Å²) in [5.41, 5.74) is 10.9. The number of benzene rings is 1. The van der Waals surface area contributed by atoms with Gasteiger partial charge in [-0.1, -0.05) is 18.7 Å². The van der Waals surface area contributed by atoms with Crippen LogP contribution in [-0.4, -0.2) is 120 Å². The first kappa shape index (κ1) is 35.0. The smallest absolute Gasteiger partial charge is 0.321 e. The van der Waals surface area contributed by atoms with Crippen molar-refractivity contribution in [1.29, 1.82) is 0 Å². The normalized spacial score (nSPS) is 15.9. The zero-order chi connectivity index (χ0) is 32.2. The molecule has 1 fully saturated rings. The Labute approximate surface area is 264 Å². The van der Waals surface area contributed by atoms with Crippen LogP contribution in [0.2, 0.25) is 0 Å². The molecule has 2 aromatic rings. The highest BCUT2D eigenvalue weighted by atomic mass is 32.2. The number of piperazine rings is 1. The topological polar surface area (TPSA) is 158 Å². The molecule has 0 radical (unpaired) electrons. The molecular weight excluding hydrogens is 582 g/mol. The third-order valence-corrected chi connectivity index (χ3v) is 9.04. The van der Waals surface area contributed by atoms with Crippen LogP contribution in [0.1, 0.15) is 30.2 Å². The Bertz CT molecular complexity index is 1310. The van der Waals surface area contributed by atoms with E-state index < -0.39 is 17.3 Å². The molecule has 0 bridgehead atoms. The minimum atomic E-state index is -1.13. The van der Waals surface area contributed by atoms with E-state index in [-0.39, 0.29) is 23.8 Å². The maximum absolute atomic E-state index is 12.7. The Morgan fingerprint density at radius 1 is 1.16 bits per heavy atom. The molecule has 2 unspecified atom stereocenters. The van der Waals surface area contributed by atoms with Gasteiger partial charge in [0, 0.05) is 83.8 Å². The number of aromatic nitrogens is 1. The standard InChI is InChI=1S/C31H47N7O5S/c1-21(39)16-28(44-20-25(32)31(41)42)30(40)35-9-11-36-12-14-37(15-13-36)18-23-6-7-24(27(17-23)43-5)19-38-10-8-26(34-4)29(38)22(2)33-3/h6-8,10,17,25,28,34,39H,1,9,11-16,18-20,32H2,2-5H3,(H,35,40)(H,41,42). The number of ether oxygens (including phenoxy) is 1. The largest absolute Gasteiger partial charge is 0.513 e. The monoisotopic (exact) mass is 629 g/mol. The summed E-state index contributed by atoms with van der Waals surface area (Å²) in [5.74, 6) is -0.586. The second-order valence-electron chi connectivity index (χ2n) is 10.9. The van der Waals surface area contributed by atoms with Gasteiger partial charge in [-0.25, -0.2) is 0 Å². The van der Waals surface area contributed by atoms with Crippen molar-refractivity contribution in [2.45, 2.75) is 37.7 Å². The Balaban J connectivity index is 1.48. The number of methoxy groups -OCH3 is 1. The molecule has 6 N–H and O–H groups in total. The van der Waals surface area contributed by atoms with Crippen LogP contribution >= 0.6 is 11.8 Å². The van der Waals surface area contributed by atoms with Gasteiger partial charge in [-0.2, -0.15) is 0 Å². The molecule has 1 amide bonds. The zero-order valence-corrected chi connectivity index (χ0v) is 27.0. The fraction of sp³-hybridized carbons (Fsp3) is 0.516. The second kappa shape index (κ2) is 17.1. The Morgan fingerprint density at radius 3 is 2.48 bits per heavy atom. The van der Waals surface area contributed by atoms with Crippen LogP contribution in [0.25, 0.3) is 0 Å². The summed E-state index contributed by atoms with van der Waals surface area (Å²) in [6, 6.07) is 7.42. The predicted molar refractivity (Wildman–Crippen MR) is 177 cm³/mol. The number of aliphatic carboxylic acids is 1. The summed E-state index contributed by atoms with van der Waals surface area (Å²) < 4.78 is 7.98. The Hall–Kier alpha value is -3.52. The summed E-state index contributed by atoms with van der Waals surface area (Å²) in [7, 11) is 5.43. The van der Waals surface area contributed by atoms with Crippen LogP contribution < -0.4 is 21.1 Å². The molecule has 3 rings (SSSR count). The molecule has 44 heavy (non-hydrogen) atoms. The zero-order valence-electron chi connectivity index (χ0n) is 26.2. The molecular formula is C31H47N7O5S. The molecule has 1 aliphatic heterocycles. The highest BCUT2D eigenvalue weighted by molar-refractivity contribution is 8.00. The Kier molecular flexibility index (Phi) is 13.6. The summed E-state index contributed by atoms with van der Waals surface area (Å²) in [6.07, 6.45) is 2.11. The van der Waals surface area contributed by atoms with Crippen molar-refractivity contribution in [2.24, 2.45) is 10.7 Å². The first-order valence-electron chi connectivity index (χ1n) is 14.7. The lowest BCUT2D eigenvalue weighted by molar-refractivity contribution is -0.138. The van der Waals surface area contributed by atoms with Gasteiger partial charge in [-0.15, -0.1) is 11.8 Å². The molecule has 0 aliphatic carbocycles. The van der Waals surface area contributed by atoms with Crippen LogP contribution in [0.15, 0.2) is 47.8 Å². The van der Waals surface area contributed by atoms with E-state index in [9.17, 15) is 14.7 Å². The lowest BCUT2D eigenvalue weighted by Gasteiger charge is -2.34. The average Bonchev–Trinajstić information content (AvgIpc) is 3.42. The van der Waals surface area contributed by atoms with Gasteiger partial charge in [0.1, 0.15) is 11.8 Å². The van der Waals surface area contributed by atoms with Gasteiger partial charge in [-0.05, 0) is 24.6 Å². The van der Waals surface area contributed by atoms with E-state index in [1.54, 1.807) is 14.2 Å². The number of nitrogens with zero attached hydrogens (tertiary/aromatic N) is 4. The van der Waals surface area contributed by atoms with E-state index in [0.29, 0.717) is 19.6 Å². The number of aliphatic hydroxyl groups is 1. The van der Waals surface area contributed by atoms with Gasteiger partial charge >= 0.3 is 5.97 Å². The summed E-state index contributed by atoms with van der Waals surface area (Å²) in [5, 5.41) is 24.1. The number of rotatable bonds is 17. The number of aliphatic imine (C=N–C) groups is 1. The van der Waals surface area contributed by atoms with E-state index in [2.05, 4.69) is 67.0 Å². The third-order valence-electron chi connectivity index (χ3n) is 7.71. The number of carbonyl (C=O) groups is 2. The quantitative estimate of drug-likeness (QED) is 0.130. The molecule has 0 spiro atoms. The minimum absolute atomic E-state index is 0.0469.